The number of halogens is 2. The van der Waals surface area contributed by atoms with Gasteiger partial charge in [-0.05, 0) is 50.5 Å². The number of hydrogen-bond acceptors (Lipinski definition) is 3. The number of Topliss-reactive ketones (excluding diaryl/α,β-unsaturated/α-hetero) is 2. The summed E-state index contributed by atoms with van der Waals surface area (Å²) in [4.78, 5) is 23.9. The number of alkyl halides is 1. The minimum absolute atomic E-state index is 0.0326. The first-order valence-electron chi connectivity index (χ1n) is 8.58. The van der Waals surface area contributed by atoms with Crippen molar-refractivity contribution in [2.24, 2.45) is 0 Å². The van der Waals surface area contributed by atoms with E-state index in [0.717, 1.165) is 18.4 Å². The maximum Gasteiger partial charge on any atom is 0.173 e. The zero-order valence-corrected chi connectivity index (χ0v) is 17.3. The van der Waals surface area contributed by atoms with Crippen LogP contribution in [0.2, 0.25) is 5.02 Å². The van der Waals surface area contributed by atoms with Gasteiger partial charge in [-0.1, -0.05) is 51.8 Å². The van der Waals surface area contributed by atoms with Gasteiger partial charge in [0.05, 0.1) is 16.5 Å². The average Bonchev–Trinajstić information content (AvgIpc) is 2.62. The molecule has 0 N–H and O–H groups in total. The highest BCUT2D eigenvalue weighted by atomic mass is 79.9. The Morgan fingerprint density at radius 3 is 2.27 bits per heavy atom. The van der Waals surface area contributed by atoms with E-state index in [0.29, 0.717) is 33.6 Å². The van der Waals surface area contributed by atoms with Crippen LogP contribution < -0.4 is 4.74 Å². The molecular weight excluding hydrogens is 416 g/mol. The number of ether oxygens (including phenoxy) is 1. The molecule has 2 aromatic carbocycles. The SMILES string of the molecule is CC(C)Oc1ccc(C(=O)CCCc2ccc(C(=O)CBr)cc2)cc1Cl. The Morgan fingerprint density at radius 1 is 1.04 bits per heavy atom. The second-order valence-corrected chi connectivity index (χ2v) is 7.31. The molecule has 2 aromatic rings. The molecule has 0 fully saturated rings. The minimum Gasteiger partial charge on any atom is -0.489 e. The molecule has 0 saturated heterocycles. The summed E-state index contributed by atoms with van der Waals surface area (Å²) < 4.78 is 5.58. The molecule has 26 heavy (non-hydrogen) atoms. The van der Waals surface area contributed by atoms with Crippen molar-refractivity contribution in [2.75, 3.05) is 5.33 Å². The second kappa shape index (κ2) is 9.89. The molecular formula is C21H22BrClO3. The fourth-order valence-corrected chi connectivity index (χ4v) is 3.10. The van der Waals surface area contributed by atoms with E-state index in [4.69, 9.17) is 16.3 Å². The third-order valence-electron chi connectivity index (χ3n) is 3.88. The summed E-state index contributed by atoms with van der Waals surface area (Å²) in [6.45, 7) is 3.86. The van der Waals surface area contributed by atoms with Crippen LogP contribution >= 0.6 is 27.5 Å². The molecule has 0 heterocycles. The lowest BCUT2D eigenvalue weighted by molar-refractivity contribution is 0.0978. The normalized spacial score (nSPS) is 10.8. The quantitative estimate of drug-likeness (QED) is 0.362. The first-order chi connectivity index (χ1) is 12.4. The van der Waals surface area contributed by atoms with Gasteiger partial charge in [0.2, 0.25) is 0 Å². The van der Waals surface area contributed by atoms with Gasteiger partial charge in [0.15, 0.2) is 11.6 Å². The van der Waals surface area contributed by atoms with Crippen LogP contribution in [0.3, 0.4) is 0 Å². The van der Waals surface area contributed by atoms with Crippen molar-refractivity contribution >= 4 is 39.1 Å². The summed E-state index contributed by atoms with van der Waals surface area (Å²) in [6.07, 6.45) is 2.01. The van der Waals surface area contributed by atoms with Crippen molar-refractivity contribution in [3.63, 3.8) is 0 Å². The molecule has 5 heteroatoms. The van der Waals surface area contributed by atoms with Crippen LogP contribution in [0.5, 0.6) is 5.75 Å². The van der Waals surface area contributed by atoms with Crippen LogP contribution in [-0.2, 0) is 6.42 Å². The van der Waals surface area contributed by atoms with Gasteiger partial charge in [-0.15, -0.1) is 0 Å². The number of ketones is 2. The van der Waals surface area contributed by atoms with E-state index in [2.05, 4.69) is 15.9 Å². The maximum atomic E-state index is 12.4. The van der Waals surface area contributed by atoms with Gasteiger partial charge in [-0.2, -0.15) is 0 Å². The summed E-state index contributed by atoms with van der Waals surface area (Å²) in [5.41, 5.74) is 2.41. The lowest BCUT2D eigenvalue weighted by atomic mass is 10.0. The van der Waals surface area contributed by atoms with Crippen LogP contribution in [0.1, 0.15) is 53.0 Å². The van der Waals surface area contributed by atoms with Gasteiger partial charge >= 0.3 is 0 Å². The smallest absolute Gasteiger partial charge is 0.173 e. The van der Waals surface area contributed by atoms with Gasteiger partial charge in [-0.25, -0.2) is 0 Å². The predicted molar refractivity (Wildman–Crippen MR) is 109 cm³/mol. The highest BCUT2D eigenvalue weighted by molar-refractivity contribution is 9.09. The van der Waals surface area contributed by atoms with Crippen molar-refractivity contribution in [2.45, 2.75) is 39.2 Å². The monoisotopic (exact) mass is 436 g/mol. The highest BCUT2D eigenvalue weighted by Crippen LogP contribution is 2.27. The van der Waals surface area contributed by atoms with E-state index < -0.39 is 0 Å². The van der Waals surface area contributed by atoms with Crippen molar-refractivity contribution in [1.29, 1.82) is 0 Å². The average molecular weight is 438 g/mol. The van der Waals surface area contributed by atoms with E-state index in [1.54, 1.807) is 18.2 Å². The molecule has 3 nitrogen and oxygen atoms in total. The molecule has 0 unspecified atom stereocenters. The Morgan fingerprint density at radius 2 is 1.69 bits per heavy atom. The molecule has 0 amide bonds. The van der Waals surface area contributed by atoms with Gasteiger partial charge in [-0.3, -0.25) is 9.59 Å². The number of benzene rings is 2. The number of carbonyl (C=O) groups excluding carboxylic acids is 2. The van der Waals surface area contributed by atoms with Gasteiger partial charge in [0.1, 0.15) is 5.75 Å². The zero-order valence-electron chi connectivity index (χ0n) is 14.9. The highest BCUT2D eigenvalue weighted by Gasteiger charge is 2.11. The Labute approximate surface area is 167 Å². The molecule has 0 atom stereocenters. The van der Waals surface area contributed by atoms with Crippen molar-refractivity contribution < 1.29 is 14.3 Å². The van der Waals surface area contributed by atoms with Crippen LogP contribution in [0.15, 0.2) is 42.5 Å². The van der Waals surface area contributed by atoms with Crippen LogP contribution in [0, 0.1) is 0 Å². The van der Waals surface area contributed by atoms with E-state index in [1.165, 1.54) is 0 Å². The molecule has 0 radical (unpaired) electrons. The molecule has 0 aliphatic heterocycles. The van der Waals surface area contributed by atoms with E-state index in [9.17, 15) is 9.59 Å². The van der Waals surface area contributed by atoms with Crippen LogP contribution in [-0.4, -0.2) is 23.0 Å². The van der Waals surface area contributed by atoms with Gasteiger partial charge < -0.3 is 4.74 Å². The lowest BCUT2D eigenvalue weighted by Gasteiger charge is -2.12. The summed E-state index contributed by atoms with van der Waals surface area (Å²) in [7, 11) is 0. The third kappa shape index (κ3) is 5.96. The number of rotatable bonds is 9. The summed E-state index contributed by atoms with van der Waals surface area (Å²) in [5.74, 6) is 0.721. The van der Waals surface area contributed by atoms with E-state index in [-0.39, 0.29) is 17.7 Å². The topological polar surface area (TPSA) is 43.4 Å². The summed E-state index contributed by atoms with van der Waals surface area (Å²) >= 11 is 9.36. The Bertz CT molecular complexity index is 769. The number of hydrogen-bond donors (Lipinski definition) is 0. The van der Waals surface area contributed by atoms with E-state index in [1.807, 2.05) is 38.1 Å². The molecule has 0 aliphatic carbocycles. The Kier molecular flexibility index (Phi) is 7.85. The van der Waals surface area contributed by atoms with Crippen LogP contribution in [0.25, 0.3) is 0 Å². The summed E-state index contributed by atoms with van der Waals surface area (Å²) in [5, 5.41) is 0.779. The molecule has 138 valence electrons. The van der Waals surface area contributed by atoms with Crippen molar-refractivity contribution in [3.05, 3.63) is 64.2 Å². The van der Waals surface area contributed by atoms with Crippen LogP contribution in [0.4, 0.5) is 0 Å². The number of aryl methyl sites for hydroxylation is 1. The molecule has 0 aliphatic rings. The summed E-state index contributed by atoms with van der Waals surface area (Å²) in [6, 6.07) is 12.7. The van der Waals surface area contributed by atoms with Gasteiger partial charge in [0.25, 0.3) is 0 Å². The first-order valence-corrected chi connectivity index (χ1v) is 10.1. The second-order valence-electron chi connectivity index (χ2n) is 6.34. The van der Waals surface area contributed by atoms with E-state index >= 15 is 0 Å². The minimum atomic E-state index is 0.0326. The Balaban J connectivity index is 1.88. The predicted octanol–water partition coefficient (Wildman–Crippen LogP) is 5.91. The third-order valence-corrected chi connectivity index (χ3v) is 4.69. The zero-order chi connectivity index (χ0) is 19.1. The molecule has 0 bridgehead atoms. The molecule has 2 rings (SSSR count). The van der Waals surface area contributed by atoms with Crippen molar-refractivity contribution in [1.82, 2.24) is 0 Å². The first kappa shape index (κ1) is 20.7. The maximum absolute atomic E-state index is 12.4. The van der Waals surface area contributed by atoms with Crippen molar-refractivity contribution in [3.8, 4) is 5.75 Å². The lowest BCUT2D eigenvalue weighted by Crippen LogP contribution is -2.07. The molecule has 0 saturated carbocycles. The fourth-order valence-electron chi connectivity index (χ4n) is 2.56. The number of carbonyl (C=O) groups is 2. The Hall–Kier alpha value is -1.65. The van der Waals surface area contributed by atoms with Gasteiger partial charge in [0, 0.05) is 17.5 Å². The largest absolute Gasteiger partial charge is 0.489 e. The fraction of sp³-hybridized carbons (Fsp3) is 0.333. The standard InChI is InChI=1S/C21H22BrClO3/c1-14(2)26-21-11-10-17(12-18(21)23)19(24)5-3-4-15-6-8-16(9-7-15)20(25)13-22/h6-12,14H,3-5,13H2,1-2H3. The molecule has 0 aromatic heterocycles. The molecule has 0 spiro atoms.